The standard InChI is InChI=1S/C9H16N2O3/c1-6(8(10)12)14-9(13)7-4-3-5-11(7)2/h6-7H,3-5H2,1-2H3,(H2,10,12). The van der Waals surface area contributed by atoms with Crippen molar-refractivity contribution >= 4 is 11.9 Å². The number of nitrogens with two attached hydrogens (primary N) is 1. The van der Waals surface area contributed by atoms with E-state index in [1.165, 1.54) is 6.92 Å². The second-order valence-electron chi connectivity index (χ2n) is 3.62. The predicted octanol–water partition coefficient (Wildman–Crippen LogP) is -0.502. The van der Waals surface area contributed by atoms with Gasteiger partial charge in [0.05, 0.1) is 0 Å². The molecule has 0 saturated carbocycles. The maximum absolute atomic E-state index is 11.5. The van der Waals surface area contributed by atoms with Crippen molar-refractivity contribution in [3.8, 4) is 0 Å². The second kappa shape index (κ2) is 4.41. The summed E-state index contributed by atoms with van der Waals surface area (Å²) in [6.45, 7) is 2.37. The van der Waals surface area contributed by atoms with Crippen LogP contribution in [0.5, 0.6) is 0 Å². The van der Waals surface area contributed by atoms with Crippen LogP contribution in [-0.2, 0) is 14.3 Å². The number of nitrogens with zero attached hydrogens (tertiary/aromatic N) is 1. The Labute approximate surface area is 83.2 Å². The third-order valence-corrected chi connectivity index (χ3v) is 2.49. The smallest absolute Gasteiger partial charge is 0.324 e. The van der Waals surface area contributed by atoms with Crippen LogP contribution in [0, 0.1) is 0 Å². The Morgan fingerprint density at radius 3 is 2.64 bits per heavy atom. The van der Waals surface area contributed by atoms with Crippen LogP contribution in [0.1, 0.15) is 19.8 Å². The molecule has 1 aliphatic heterocycles. The minimum absolute atomic E-state index is 0.211. The summed E-state index contributed by atoms with van der Waals surface area (Å²) in [5, 5.41) is 0. The van der Waals surface area contributed by atoms with Crippen LogP contribution >= 0.6 is 0 Å². The third-order valence-electron chi connectivity index (χ3n) is 2.49. The molecule has 0 aliphatic carbocycles. The van der Waals surface area contributed by atoms with Gasteiger partial charge in [-0.15, -0.1) is 0 Å². The summed E-state index contributed by atoms with van der Waals surface area (Å²) in [7, 11) is 1.87. The van der Waals surface area contributed by atoms with E-state index < -0.39 is 12.0 Å². The molecule has 5 heteroatoms. The maximum atomic E-state index is 11.5. The Balaban J connectivity index is 2.45. The summed E-state index contributed by atoms with van der Waals surface area (Å²) in [5.74, 6) is -0.963. The lowest BCUT2D eigenvalue weighted by atomic mass is 10.2. The normalized spacial score (nSPS) is 24.6. The van der Waals surface area contributed by atoms with Gasteiger partial charge in [0.15, 0.2) is 6.10 Å². The van der Waals surface area contributed by atoms with Gasteiger partial charge in [0.1, 0.15) is 6.04 Å². The fraction of sp³-hybridized carbons (Fsp3) is 0.778. The molecule has 0 aromatic heterocycles. The Morgan fingerprint density at radius 1 is 1.57 bits per heavy atom. The van der Waals surface area contributed by atoms with E-state index >= 15 is 0 Å². The lowest BCUT2D eigenvalue weighted by Crippen LogP contribution is -2.39. The van der Waals surface area contributed by atoms with Crippen molar-refractivity contribution in [2.45, 2.75) is 31.9 Å². The summed E-state index contributed by atoms with van der Waals surface area (Å²) in [5.41, 5.74) is 4.99. The molecule has 0 bridgehead atoms. The van der Waals surface area contributed by atoms with Gasteiger partial charge in [0, 0.05) is 0 Å². The number of amides is 1. The number of likely N-dealkylation sites (N-methyl/N-ethyl adjacent to an activating group) is 1. The largest absolute Gasteiger partial charge is 0.451 e. The van der Waals surface area contributed by atoms with E-state index in [0.29, 0.717) is 0 Å². The topological polar surface area (TPSA) is 72.6 Å². The van der Waals surface area contributed by atoms with Crippen LogP contribution in [-0.4, -0.2) is 42.5 Å². The van der Waals surface area contributed by atoms with Crippen LogP contribution in [0.4, 0.5) is 0 Å². The predicted molar refractivity (Wildman–Crippen MR) is 50.4 cm³/mol. The van der Waals surface area contributed by atoms with Gasteiger partial charge in [-0.1, -0.05) is 0 Å². The fourth-order valence-electron chi connectivity index (χ4n) is 1.52. The molecule has 1 amide bonds. The molecule has 1 fully saturated rings. The molecule has 1 heterocycles. The van der Waals surface area contributed by atoms with Crippen molar-refractivity contribution in [1.82, 2.24) is 4.90 Å². The highest BCUT2D eigenvalue weighted by atomic mass is 16.5. The SMILES string of the molecule is CC(OC(=O)C1CCCN1C)C(N)=O. The molecular formula is C9H16N2O3. The first-order chi connectivity index (χ1) is 6.52. The number of hydrogen-bond donors (Lipinski definition) is 1. The Hall–Kier alpha value is -1.10. The van der Waals surface area contributed by atoms with E-state index in [0.717, 1.165) is 19.4 Å². The first kappa shape index (κ1) is 11.0. The molecule has 0 aromatic rings. The molecule has 80 valence electrons. The van der Waals surface area contributed by atoms with Crippen molar-refractivity contribution in [2.75, 3.05) is 13.6 Å². The fourth-order valence-corrected chi connectivity index (χ4v) is 1.52. The van der Waals surface area contributed by atoms with Gasteiger partial charge in [0.2, 0.25) is 0 Å². The molecule has 0 aromatic carbocycles. The Bertz CT molecular complexity index is 242. The van der Waals surface area contributed by atoms with Gasteiger partial charge in [-0.3, -0.25) is 14.5 Å². The molecule has 2 unspecified atom stereocenters. The molecule has 0 radical (unpaired) electrons. The first-order valence-corrected chi connectivity index (χ1v) is 4.72. The number of primary amides is 1. The Kier molecular flexibility index (Phi) is 3.46. The second-order valence-corrected chi connectivity index (χ2v) is 3.62. The first-order valence-electron chi connectivity index (χ1n) is 4.72. The highest BCUT2D eigenvalue weighted by Crippen LogP contribution is 2.16. The number of likely N-dealkylation sites (tertiary alicyclic amines) is 1. The zero-order valence-corrected chi connectivity index (χ0v) is 8.53. The molecule has 2 atom stereocenters. The zero-order chi connectivity index (χ0) is 10.7. The van der Waals surface area contributed by atoms with Gasteiger partial charge in [0.25, 0.3) is 5.91 Å². The lowest BCUT2D eigenvalue weighted by Gasteiger charge is -2.19. The average molecular weight is 200 g/mol. The van der Waals surface area contributed by atoms with Gasteiger partial charge >= 0.3 is 5.97 Å². The van der Waals surface area contributed by atoms with E-state index in [1.807, 2.05) is 11.9 Å². The number of hydrogen-bond acceptors (Lipinski definition) is 4. The van der Waals surface area contributed by atoms with Crippen molar-refractivity contribution in [3.63, 3.8) is 0 Å². The van der Waals surface area contributed by atoms with E-state index in [2.05, 4.69) is 0 Å². The van der Waals surface area contributed by atoms with E-state index in [4.69, 9.17) is 10.5 Å². The summed E-state index contributed by atoms with van der Waals surface area (Å²) in [6.07, 6.45) is 0.943. The summed E-state index contributed by atoms with van der Waals surface area (Å²) >= 11 is 0. The van der Waals surface area contributed by atoms with Crippen molar-refractivity contribution in [1.29, 1.82) is 0 Å². The number of carbonyl (C=O) groups is 2. The molecule has 1 rings (SSSR count). The lowest BCUT2D eigenvalue weighted by molar-refractivity contribution is -0.157. The van der Waals surface area contributed by atoms with Gasteiger partial charge in [-0.25, -0.2) is 0 Å². The molecule has 5 nitrogen and oxygen atoms in total. The molecular weight excluding hydrogens is 184 g/mol. The molecule has 0 spiro atoms. The van der Waals surface area contributed by atoms with Crippen LogP contribution in [0.15, 0.2) is 0 Å². The number of ether oxygens (including phenoxy) is 1. The van der Waals surface area contributed by atoms with E-state index in [9.17, 15) is 9.59 Å². The molecule has 1 aliphatic rings. The van der Waals surface area contributed by atoms with Gasteiger partial charge in [-0.2, -0.15) is 0 Å². The highest BCUT2D eigenvalue weighted by molar-refractivity contribution is 5.83. The summed E-state index contributed by atoms with van der Waals surface area (Å²) in [6, 6.07) is -0.211. The third kappa shape index (κ3) is 2.45. The molecule has 1 saturated heterocycles. The minimum atomic E-state index is -0.837. The van der Waals surface area contributed by atoms with Crippen molar-refractivity contribution in [2.24, 2.45) is 5.73 Å². The monoisotopic (exact) mass is 200 g/mol. The highest BCUT2D eigenvalue weighted by Gasteiger charge is 2.30. The van der Waals surface area contributed by atoms with E-state index in [-0.39, 0.29) is 12.0 Å². The summed E-state index contributed by atoms with van der Waals surface area (Å²) in [4.78, 5) is 24.1. The summed E-state index contributed by atoms with van der Waals surface area (Å²) < 4.78 is 4.91. The van der Waals surface area contributed by atoms with Crippen LogP contribution in [0.3, 0.4) is 0 Å². The number of carbonyl (C=O) groups excluding carboxylic acids is 2. The zero-order valence-electron chi connectivity index (χ0n) is 8.53. The quantitative estimate of drug-likeness (QED) is 0.623. The maximum Gasteiger partial charge on any atom is 0.324 e. The van der Waals surface area contributed by atoms with Crippen LogP contribution in [0.25, 0.3) is 0 Å². The van der Waals surface area contributed by atoms with Gasteiger partial charge in [-0.05, 0) is 33.4 Å². The average Bonchev–Trinajstić information content (AvgIpc) is 2.51. The molecule has 14 heavy (non-hydrogen) atoms. The van der Waals surface area contributed by atoms with Crippen LogP contribution < -0.4 is 5.73 Å². The van der Waals surface area contributed by atoms with E-state index in [1.54, 1.807) is 0 Å². The van der Waals surface area contributed by atoms with Crippen molar-refractivity contribution < 1.29 is 14.3 Å². The van der Waals surface area contributed by atoms with Crippen LogP contribution in [0.2, 0.25) is 0 Å². The number of rotatable bonds is 3. The Morgan fingerprint density at radius 2 is 2.21 bits per heavy atom. The minimum Gasteiger partial charge on any atom is -0.451 e. The van der Waals surface area contributed by atoms with Crippen molar-refractivity contribution in [3.05, 3.63) is 0 Å². The number of esters is 1. The molecule has 2 N–H and O–H groups in total. The van der Waals surface area contributed by atoms with Gasteiger partial charge < -0.3 is 10.5 Å².